The molecule has 0 saturated carbocycles. The highest BCUT2D eigenvalue weighted by atomic mass is 16.6. The number of nitro benzene ring substituents is 1. The Bertz CT molecular complexity index is 1300. The minimum atomic E-state index is -0.483. The number of nitro groups is 1. The van der Waals surface area contributed by atoms with Gasteiger partial charge in [-0.1, -0.05) is 42.5 Å². The van der Waals surface area contributed by atoms with Crippen LogP contribution in [0, 0.1) is 10.1 Å². The zero-order chi connectivity index (χ0) is 23.5. The van der Waals surface area contributed by atoms with Crippen LogP contribution in [0.3, 0.4) is 0 Å². The standard InChI is InChI=1S/C25H20N4O4/c1-17(30)27(2)20-11-13-21(14-12-20)28-24(19-8-4-3-5-9-19)26-23(25(28)31)16-18-7-6-10-22(15-18)29(32)33/h3-16H,1-2H3. The molecule has 8 nitrogen and oxygen atoms in total. The molecule has 0 N–H and O–H groups in total. The second-order valence-corrected chi connectivity index (χ2v) is 7.42. The van der Waals surface area contributed by atoms with Crippen LogP contribution in [-0.2, 0) is 9.59 Å². The highest BCUT2D eigenvalue weighted by Gasteiger charge is 2.32. The van der Waals surface area contributed by atoms with E-state index in [1.165, 1.54) is 34.9 Å². The molecule has 0 spiro atoms. The first kappa shape index (κ1) is 21.6. The smallest absolute Gasteiger partial charge is 0.282 e. The number of benzene rings is 3. The van der Waals surface area contributed by atoms with Crippen molar-refractivity contribution in [2.45, 2.75) is 6.92 Å². The van der Waals surface area contributed by atoms with Crippen LogP contribution >= 0.6 is 0 Å². The molecule has 1 heterocycles. The molecule has 1 aliphatic heterocycles. The van der Waals surface area contributed by atoms with E-state index in [9.17, 15) is 19.7 Å². The fraction of sp³-hybridized carbons (Fsp3) is 0.0800. The van der Waals surface area contributed by atoms with Crippen LogP contribution < -0.4 is 9.80 Å². The van der Waals surface area contributed by atoms with Gasteiger partial charge in [0, 0.05) is 37.4 Å². The zero-order valence-corrected chi connectivity index (χ0v) is 18.0. The maximum absolute atomic E-state index is 13.4. The summed E-state index contributed by atoms with van der Waals surface area (Å²) < 4.78 is 0. The topological polar surface area (TPSA) is 96.1 Å². The first-order valence-electron chi connectivity index (χ1n) is 10.1. The molecule has 0 aromatic heterocycles. The maximum atomic E-state index is 13.4. The Morgan fingerprint density at radius 3 is 2.36 bits per heavy atom. The summed E-state index contributed by atoms with van der Waals surface area (Å²) in [7, 11) is 1.68. The zero-order valence-electron chi connectivity index (χ0n) is 18.0. The van der Waals surface area contributed by atoms with Crippen LogP contribution in [0.15, 0.2) is 89.6 Å². The number of carbonyl (C=O) groups is 2. The summed E-state index contributed by atoms with van der Waals surface area (Å²) in [6, 6.07) is 22.3. The van der Waals surface area contributed by atoms with Crippen molar-refractivity contribution >= 4 is 40.8 Å². The van der Waals surface area contributed by atoms with Crippen LogP contribution in [-0.4, -0.2) is 29.6 Å². The van der Waals surface area contributed by atoms with Crippen molar-refractivity contribution in [1.29, 1.82) is 0 Å². The normalized spacial score (nSPS) is 14.4. The van der Waals surface area contributed by atoms with Crippen molar-refractivity contribution in [1.82, 2.24) is 0 Å². The highest BCUT2D eigenvalue weighted by molar-refractivity contribution is 6.33. The van der Waals surface area contributed by atoms with Crippen molar-refractivity contribution in [3.8, 4) is 0 Å². The molecule has 0 atom stereocenters. The first-order valence-corrected chi connectivity index (χ1v) is 10.1. The molecule has 2 amide bonds. The van der Waals surface area contributed by atoms with Crippen LogP contribution in [0.4, 0.5) is 17.1 Å². The van der Waals surface area contributed by atoms with Gasteiger partial charge in [0.2, 0.25) is 5.91 Å². The van der Waals surface area contributed by atoms with E-state index in [0.717, 1.165) is 5.56 Å². The fourth-order valence-electron chi connectivity index (χ4n) is 3.43. The summed E-state index contributed by atoms with van der Waals surface area (Å²) in [6.45, 7) is 1.48. The largest absolute Gasteiger partial charge is 0.316 e. The van der Waals surface area contributed by atoms with Crippen molar-refractivity contribution < 1.29 is 14.5 Å². The van der Waals surface area contributed by atoms with Gasteiger partial charge in [0.1, 0.15) is 11.5 Å². The summed E-state index contributed by atoms with van der Waals surface area (Å²) in [5, 5.41) is 11.1. The molecule has 164 valence electrons. The van der Waals surface area contributed by atoms with Crippen LogP contribution in [0.1, 0.15) is 18.1 Å². The SMILES string of the molecule is CC(=O)N(C)c1ccc(N2C(=O)C(=Cc3cccc([N+](=O)[O-])c3)N=C2c2ccccc2)cc1. The molecule has 33 heavy (non-hydrogen) atoms. The number of hydrogen-bond acceptors (Lipinski definition) is 5. The Kier molecular flexibility index (Phi) is 5.82. The molecule has 0 unspecified atom stereocenters. The predicted molar refractivity (Wildman–Crippen MR) is 127 cm³/mol. The number of carbonyl (C=O) groups excluding carboxylic acids is 2. The van der Waals surface area contributed by atoms with E-state index in [2.05, 4.69) is 4.99 Å². The summed E-state index contributed by atoms with van der Waals surface area (Å²) in [5.74, 6) is -0.00769. The fourth-order valence-corrected chi connectivity index (χ4v) is 3.43. The lowest BCUT2D eigenvalue weighted by atomic mass is 10.1. The number of non-ortho nitro benzene ring substituents is 1. The molecule has 0 aliphatic carbocycles. The minimum Gasteiger partial charge on any atom is -0.316 e. The average Bonchev–Trinajstić information content (AvgIpc) is 3.15. The minimum absolute atomic E-state index is 0.0657. The first-order chi connectivity index (χ1) is 15.8. The van der Waals surface area contributed by atoms with Gasteiger partial charge >= 0.3 is 0 Å². The summed E-state index contributed by atoms with van der Waals surface area (Å²) in [5.41, 5.74) is 2.64. The average molecular weight is 440 g/mol. The van der Waals surface area contributed by atoms with E-state index in [-0.39, 0.29) is 23.2 Å². The van der Waals surface area contributed by atoms with Gasteiger partial charge in [0.15, 0.2) is 0 Å². The lowest BCUT2D eigenvalue weighted by Gasteiger charge is -2.20. The molecule has 1 aliphatic rings. The Morgan fingerprint density at radius 2 is 1.73 bits per heavy atom. The van der Waals surface area contributed by atoms with Gasteiger partial charge in [0.05, 0.1) is 10.6 Å². The quantitative estimate of drug-likeness (QED) is 0.333. The van der Waals surface area contributed by atoms with E-state index < -0.39 is 4.92 Å². The molecule has 3 aromatic rings. The third kappa shape index (κ3) is 4.40. The number of nitrogens with zero attached hydrogens (tertiary/aromatic N) is 4. The van der Waals surface area contributed by atoms with Gasteiger partial charge in [0.25, 0.3) is 11.6 Å². The van der Waals surface area contributed by atoms with Crippen molar-refractivity contribution in [2.75, 3.05) is 16.8 Å². The molecule has 0 radical (unpaired) electrons. The number of aliphatic imine (C=N–C) groups is 1. The molecule has 4 rings (SSSR count). The van der Waals surface area contributed by atoms with Gasteiger partial charge < -0.3 is 4.90 Å². The number of hydrogen-bond donors (Lipinski definition) is 0. The van der Waals surface area contributed by atoms with E-state index >= 15 is 0 Å². The van der Waals surface area contributed by atoms with E-state index in [4.69, 9.17) is 0 Å². The molecular weight excluding hydrogens is 420 g/mol. The van der Waals surface area contributed by atoms with E-state index in [0.29, 0.717) is 22.8 Å². The van der Waals surface area contributed by atoms with Gasteiger partial charge in [-0.3, -0.25) is 24.6 Å². The molecule has 8 heteroatoms. The predicted octanol–water partition coefficient (Wildman–Crippen LogP) is 4.41. The number of rotatable bonds is 5. The van der Waals surface area contributed by atoms with Gasteiger partial charge in [-0.25, -0.2) is 4.99 Å². The second-order valence-electron chi connectivity index (χ2n) is 7.42. The number of amides is 2. The van der Waals surface area contributed by atoms with E-state index in [1.54, 1.807) is 43.4 Å². The van der Waals surface area contributed by atoms with Gasteiger partial charge in [-0.15, -0.1) is 0 Å². The maximum Gasteiger partial charge on any atom is 0.282 e. The Balaban J connectivity index is 1.76. The lowest BCUT2D eigenvalue weighted by Crippen LogP contribution is -2.32. The monoisotopic (exact) mass is 440 g/mol. The Hall–Kier alpha value is -4.59. The Morgan fingerprint density at radius 1 is 1.03 bits per heavy atom. The lowest BCUT2D eigenvalue weighted by molar-refractivity contribution is -0.384. The van der Waals surface area contributed by atoms with Crippen molar-refractivity contribution in [2.24, 2.45) is 4.99 Å². The molecule has 3 aromatic carbocycles. The van der Waals surface area contributed by atoms with Crippen LogP contribution in [0.5, 0.6) is 0 Å². The number of amidine groups is 1. The second kappa shape index (κ2) is 8.88. The van der Waals surface area contributed by atoms with Crippen molar-refractivity contribution in [3.63, 3.8) is 0 Å². The summed E-state index contributed by atoms with van der Waals surface area (Å²) >= 11 is 0. The van der Waals surface area contributed by atoms with Crippen molar-refractivity contribution in [3.05, 3.63) is 106 Å². The molecule has 0 saturated heterocycles. The summed E-state index contributed by atoms with van der Waals surface area (Å²) in [6.07, 6.45) is 1.54. The molecular formula is C25H20N4O4. The number of anilines is 2. The van der Waals surface area contributed by atoms with Crippen LogP contribution in [0.25, 0.3) is 6.08 Å². The van der Waals surface area contributed by atoms with E-state index in [1.807, 2.05) is 30.3 Å². The van der Waals surface area contributed by atoms with Crippen LogP contribution in [0.2, 0.25) is 0 Å². The van der Waals surface area contributed by atoms with Gasteiger partial charge in [-0.05, 0) is 35.9 Å². The third-order valence-electron chi connectivity index (χ3n) is 5.24. The Labute approximate surface area is 190 Å². The third-order valence-corrected chi connectivity index (χ3v) is 5.24. The van der Waals surface area contributed by atoms with Gasteiger partial charge in [-0.2, -0.15) is 0 Å². The molecule has 0 fully saturated rings. The summed E-state index contributed by atoms with van der Waals surface area (Å²) in [4.78, 5) is 43.2. The molecule has 0 bridgehead atoms. The highest BCUT2D eigenvalue weighted by Crippen LogP contribution is 2.29.